The van der Waals surface area contributed by atoms with Gasteiger partial charge in [0.2, 0.25) is 0 Å². The number of amides is 3. The van der Waals surface area contributed by atoms with Crippen LogP contribution in [0.3, 0.4) is 0 Å². The highest BCUT2D eigenvalue weighted by molar-refractivity contribution is 6.04. The third kappa shape index (κ3) is 5.07. The maximum atomic E-state index is 12.6. The molecule has 2 N–H and O–H groups in total. The number of hydrogen-bond acceptors (Lipinski definition) is 4. The summed E-state index contributed by atoms with van der Waals surface area (Å²) in [6, 6.07) is 18.9. The SMILES string of the molecule is O=C(Nc1cccc(NC(=O)N2CCN(Cc3ccccc3)CC2)c1)c1ccoc1. The first-order valence-corrected chi connectivity index (χ1v) is 9.93. The summed E-state index contributed by atoms with van der Waals surface area (Å²) in [5.74, 6) is -0.262. The average Bonchev–Trinajstić information content (AvgIpc) is 3.30. The molecule has 7 heteroatoms. The minimum Gasteiger partial charge on any atom is -0.472 e. The summed E-state index contributed by atoms with van der Waals surface area (Å²) in [6.07, 6.45) is 2.84. The van der Waals surface area contributed by atoms with Crippen molar-refractivity contribution < 1.29 is 14.0 Å². The van der Waals surface area contributed by atoms with Crippen molar-refractivity contribution >= 4 is 23.3 Å². The predicted octanol–water partition coefficient (Wildman–Crippen LogP) is 3.88. The Labute approximate surface area is 175 Å². The summed E-state index contributed by atoms with van der Waals surface area (Å²) in [5.41, 5.74) is 2.96. The number of carbonyl (C=O) groups is 2. The lowest BCUT2D eigenvalue weighted by Crippen LogP contribution is -2.49. The number of nitrogens with zero attached hydrogens (tertiary/aromatic N) is 2. The Kier molecular flexibility index (Phi) is 6.10. The van der Waals surface area contributed by atoms with Gasteiger partial charge in [-0.1, -0.05) is 36.4 Å². The summed E-state index contributed by atoms with van der Waals surface area (Å²) >= 11 is 0. The zero-order valence-corrected chi connectivity index (χ0v) is 16.6. The summed E-state index contributed by atoms with van der Waals surface area (Å²) in [6.45, 7) is 3.92. The molecule has 154 valence electrons. The molecule has 0 saturated carbocycles. The van der Waals surface area contributed by atoms with Crippen molar-refractivity contribution in [2.45, 2.75) is 6.54 Å². The number of hydrogen-bond donors (Lipinski definition) is 2. The van der Waals surface area contributed by atoms with E-state index in [1.807, 2.05) is 23.1 Å². The number of anilines is 2. The van der Waals surface area contributed by atoms with Gasteiger partial charge in [-0.2, -0.15) is 0 Å². The molecule has 0 radical (unpaired) electrons. The van der Waals surface area contributed by atoms with Crippen molar-refractivity contribution in [1.29, 1.82) is 0 Å². The smallest absolute Gasteiger partial charge is 0.321 e. The molecule has 30 heavy (non-hydrogen) atoms. The molecule has 2 aromatic carbocycles. The first kappa shape index (κ1) is 19.7. The Morgan fingerprint density at radius 3 is 2.30 bits per heavy atom. The number of furan rings is 1. The van der Waals surface area contributed by atoms with Gasteiger partial charge in [0.1, 0.15) is 6.26 Å². The van der Waals surface area contributed by atoms with Crippen LogP contribution in [0.15, 0.2) is 77.6 Å². The minimum absolute atomic E-state index is 0.132. The van der Waals surface area contributed by atoms with Crippen LogP contribution in [0.1, 0.15) is 15.9 Å². The van der Waals surface area contributed by atoms with Gasteiger partial charge < -0.3 is 20.0 Å². The molecule has 7 nitrogen and oxygen atoms in total. The number of benzene rings is 2. The van der Waals surface area contributed by atoms with Gasteiger partial charge in [-0.05, 0) is 29.8 Å². The van der Waals surface area contributed by atoms with Gasteiger partial charge in [-0.15, -0.1) is 0 Å². The van der Waals surface area contributed by atoms with E-state index in [1.165, 1.54) is 18.1 Å². The Morgan fingerprint density at radius 2 is 1.60 bits per heavy atom. The lowest BCUT2D eigenvalue weighted by Gasteiger charge is -2.34. The van der Waals surface area contributed by atoms with E-state index < -0.39 is 0 Å². The molecule has 0 unspecified atom stereocenters. The van der Waals surface area contributed by atoms with Gasteiger partial charge in [-0.3, -0.25) is 9.69 Å². The Balaban J connectivity index is 1.28. The van der Waals surface area contributed by atoms with Gasteiger partial charge >= 0.3 is 6.03 Å². The molecule has 3 aromatic rings. The fourth-order valence-corrected chi connectivity index (χ4v) is 3.42. The first-order valence-electron chi connectivity index (χ1n) is 9.93. The predicted molar refractivity (Wildman–Crippen MR) is 115 cm³/mol. The van der Waals surface area contributed by atoms with Crippen molar-refractivity contribution in [3.8, 4) is 0 Å². The van der Waals surface area contributed by atoms with E-state index in [0.29, 0.717) is 30.0 Å². The molecule has 1 aliphatic rings. The molecule has 4 rings (SSSR count). The topological polar surface area (TPSA) is 77.8 Å². The fourth-order valence-electron chi connectivity index (χ4n) is 3.42. The molecule has 1 aromatic heterocycles. The molecule has 2 heterocycles. The van der Waals surface area contributed by atoms with Crippen LogP contribution < -0.4 is 10.6 Å². The Bertz CT molecular complexity index is 981. The van der Waals surface area contributed by atoms with Crippen LogP contribution in [0.4, 0.5) is 16.2 Å². The van der Waals surface area contributed by atoms with Crippen molar-refractivity contribution in [2.24, 2.45) is 0 Å². The summed E-state index contributed by atoms with van der Waals surface area (Å²) in [4.78, 5) is 29.0. The molecular weight excluding hydrogens is 380 g/mol. The van der Waals surface area contributed by atoms with Crippen molar-refractivity contribution in [2.75, 3.05) is 36.8 Å². The van der Waals surface area contributed by atoms with Gasteiger partial charge in [0.25, 0.3) is 5.91 Å². The number of piperazine rings is 1. The number of rotatable bonds is 5. The van der Waals surface area contributed by atoms with Crippen LogP contribution in [-0.2, 0) is 6.54 Å². The van der Waals surface area contributed by atoms with E-state index in [2.05, 4.69) is 27.7 Å². The van der Waals surface area contributed by atoms with Gasteiger partial charge in [0.15, 0.2) is 0 Å². The largest absolute Gasteiger partial charge is 0.472 e. The summed E-state index contributed by atoms with van der Waals surface area (Å²) < 4.78 is 4.93. The molecule has 1 saturated heterocycles. The van der Waals surface area contributed by atoms with E-state index in [4.69, 9.17) is 4.42 Å². The number of carbonyl (C=O) groups excluding carboxylic acids is 2. The lowest BCUT2D eigenvalue weighted by atomic mass is 10.2. The lowest BCUT2D eigenvalue weighted by molar-refractivity contribution is 0.102. The maximum absolute atomic E-state index is 12.6. The monoisotopic (exact) mass is 404 g/mol. The highest BCUT2D eigenvalue weighted by Gasteiger charge is 2.21. The highest BCUT2D eigenvalue weighted by Crippen LogP contribution is 2.17. The van der Waals surface area contributed by atoms with Gasteiger partial charge in [0.05, 0.1) is 11.8 Å². The van der Waals surface area contributed by atoms with Crippen LogP contribution in [0.5, 0.6) is 0 Å². The van der Waals surface area contributed by atoms with E-state index in [-0.39, 0.29) is 11.9 Å². The number of urea groups is 1. The van der Waals surface area contributed by atoms with E-state index in [0.717, 1.165) is 19.6 Å². The second-order valence-corrected chi connectivity index (χ2v) is 7.23. The highest BCUT2D eigenvalue weighted by atomic mass is 16.3. The molecular formula is C23H24N4O3. The average molecular weight is 404 g/mol. The normalized spacial score (nSPS) is 14.3. The third-order valence-electron chi connectivity index (χ3n) is 5.06. The van der Waals surface area contributed by atoms with E-state index >= 15 is 0 Å². The van der Waals surface area contributed by atoms with E-state index in [1.54, 1.807) is 30.3 Å². The van der Waals surface area contributed by atoms with Crippen LogP contribution in [0, 0.1) is 0 Å². The molecule has 3 amide bonds. The molecule has 0 bridgehead atoms. The standard InChI is InChI=1S/C23H24N4O3/c28-22(19-9-14-30-17-19)24-20-7-4-8-21(15-20)25-23(29)27-12-10-26(11-13-27)16-18-5-2-1-3-6-18/h1-9,14-15,17H,10-13,16H2,(H,24,28)(H,25,29). The third-order valence-corrected chi connectivity index (χ3v) is 5.06. The van der Waals surface area contributed by atoms with Crippen LogP contribution >= 0.6 is 0 Å². The molecule has 1 aliphatic heterocycles. The zero-order valence-electron chi connectivity index (χ0n) is 16.6. The Hall–Kier alpha value is -3.58. The molecule has 0 aliphatic carbocycles. The summed E-state index contributed by atoms with van der Waals surface area (Å²) in [7, 11) is 0. The minimum atomic E-state index is -0.262. The number of nitrogens with one attached hydrogen (secondary N) is 2. The van der Waals surface area contributed by atoms with Crippen molar-refractivity contribution in [1.82, 2.24) is 9.80 Å². The second-order valence-electron chi connectivity index (χ2n) is 7.23. The van der Waals surface area contributed by atoms with Crippen LogP contribution in [0.2, 0.25) is 0 Å². The van der Waals surface area contributed by atoms with Gasteiger partial charge in [-0.25, -0.2) is 4.79 Å². The zero-order chi connectivity index (χ0) is 20.8. The second kappa shape index (κ2) is 9.28. The molecule has 0 spiro atoms. The van der Waals surface area contributed by atoms with Crippen molar-refractivity contribution in [3.05, 3.63) is 84.3 Å². The fraction of sp³-hybridized carbons (Fsp3) is 0.217. The first-order chi connectivity index (χ1) is 14.7. The van der Waals surface area contributed by atoms with Gasteiger partial charge in [0, 0.05) is 44.1 Å². The maximum Gasteiger partial charge on any atom is 0.321 e. The quantitative estimate of drug-likeness (QED) is 0.677. The Morgan fingerprint density at radius 1 is 0.867 bits per heavy atom. The molecule has 1 fully saturated rings. The van der Waals surface area contributed by atoms with Crippen molar-refractivity contribution in [3.63, 3.8) is 0 Å². The van der Waals surface area contributed by atoms with Crippen LogP contribution in [0.25, 0.3) is 0 Å². The van der Waals surface area contributed by atoms with Crippen LogP contribution in [-0.4, -0.2) is 47.9 Å². The summed E-state index contributed by atoms with van der Waals surface area (Å²) in [5, 5.41) is 5.72. The van der Waals surface area contributed by atoms with E-state index in [9.17, 15) is 9.59 Å². The molecule has 0 atom stereocenters.